The van der Waals surface area contributed by atoms with Gasteiger partial charge in [0.2, 0.25) is 0 Å². The van der Waals surface area contributed by atoms with Crippen LogP contribution in [0.25, 0.3) is 0 Å². The number of benzene rings is 1. The monoisotopic (exact) mass is 596 g/mol. The van der Waals surface area contributed by atoms with Crippen molar-refractivity contribution in [2.75, 3.05) is 19.8 Å². The normalized spacial score (nSPS) is 33.7. The van der Waals surface area contributed by atoms with Gasteiger partial charge in [-0.05, 0) is 79.2 Å². The first-order chi connectivity index (χ1) is 20.5. The molecule has 4 N–H and O–H groups in total. The van der Waals surface area contributed by atoms with Gasteiger partial charge in [0.05, 0.1) is 19.3 Å². The molecule has 43 heavy (non-hydrogen) atoms. The largest absolute Gasteiger partial charge is 0.483 e. The van der Waals surface area contributed by atoms with Gasteiger partial charge >= 0.3 is 6.03 Å². The molecular weight excluding hydrogens is 544 g/mol. The van der Waals surface area contributed by atoms with Gasteiger partial charge in [-0.15, -0.1) is 0 Å². The molecule has 1 saturated heterocycles. The van der Waals surface area contributed by atoms with Gasteiger partial charge in [0.25, 0.3) is 6.47 Å². The second-order valence-electron chi connectivity index (χ2n) is 14.6. The van der Waals surface area contributed by atoms with Crippen LogP contribution in [0.3, 0.4) is 0 Å². The predicted molar refractivity (Wildman–Crippen MR) is 165 cm³/mol. The van der Waals surface area contributed by atoms with Crippen LogP contribution in [0.4, 0.5) is 4.79 Å². The van der Waals surface area contributed by atoms with E-state index in [0.717, 1.165) is 63.7 Å². The average molecular weight is 597 g/mol. The molecular formula is C35H52N2O6. The fourth-order valence-corrected chi connectivity index (χ4v) is 8.85. The van der Waals surface area contributed by atoms with Crippen LogP contribution in [0.2, 0.25) is 0 Å². The van der Waals surface area contributed by atoms with Gasteiger partial charge in [-0.3, -0.25) is 4.79 Å². The molecule has 6 rings (SSSR count). The number of aliphatic hydroxyl groups is 1. The standard InChI is InChI=1S/C34H50N2O4.CH2O2/c1-5-16-35-31(38)36-19-22-6-8-23(9-7-22)27-18-33(4)28(12-13-29(33)37)26-11-10-24-17-34(15-14-25(24)30(26)27)39-20-32(2,3)21-40-34;2-1-3/h6-9,24,26-29,37H,5,10-21H2,1-4H3,(H2,35,36,38);1H,(H,2,3). The molecule has 6 unspecified atom stereocenters. The van der Waals surface area contributed by atoms with Gasteiger partial charge in [-0.2, -0.15) is 0 Å². The molecule has 1 aromatic rings. The molecule has 2 amide bonds. The van der Waals surface area contributed by atoms with Crippen LogP contribution in [-0.4, -0.2) is 54.4 Å². The second-order valence-corrected chi connectivity index (χ2v) is 14.6. The van der Waals surface area contributed by atoms with Gasteiger partial charge in [0, 0.05) is 37.3 Å². The molecule has 3 saturated carbocycles. The van der Waals surface area contributed by atoms with Crippen LogP contribution in [0.1, 0.15) is 103 Å². The van der Waals surface area contributed by atoms with Crippen LogP contribution in [-0.2, 0) is 20.8 Å². The Hall–Kier alpha value is -2.42. The highest BCUT2D eigenvalue weighted by Gasteiger charge is 2.57. The van der Waals surface area contributed by atoms with Crippen molar-refractivity contribution in [3.05, 3.63) is 46.5 Å². The third-order valence-electron chi connectivity index (χ3n) is 11.1. The minimum absolute atomic E-state index is 0.0269. The highest BCUT2D eigenvalue weighted by Crippen LogP contribution is 2.65. The molecule has 8 heteroatoms. The van der Waals surface area contributed by atoms with E-state index in [4.69, 9.17) is 19.4 Å². The van der Waals surface area contributed by atoms with E-state index in [1.165, 1.54) is 18.4 Å². The topological polar surface area (TPSA) is 117 Å². The molecule has 1 aliphatic heterocycles. The van der Waals surface area contributed by atoms with Crippen molar-refractivity contribution in [2.24, 2.45) is 28.6 Å². The molecule has 6 atom stereocenters. The van der Waals surface area contributed by atoms with Gasteiger partial charge in [0.15, 0.2) is 5.79 Å². The maximum absolute atomic E-state index is 12.0. The summed E-state index contributed by atoms with van der Waals surface area (Å²) in [5, 5.41) is 24.0. The van der Waals surface area contributed by atoms with Crippen LogP contribution in [0.5, 0.6) is 0 Å². The van der Waals surface area contributed by atoms with E-state index < -0.39 is 5.79 Å². The summed E-state index contributed by atoms with van der Waals surface area (Å²) in [7, 11) is 0. The quantitative estimate of drug-likeness (QED) is 0.240. The lowest BCUT2D eigenvalue weighted by atomic mass is 9.52. The van der Waals surface area contributed by atoms with E-state index in [-0.39, 0.29) is 29.4 Å². The Bertz CT molecular complexity index is 1170. The zero-order valence-corrected chi connectivity index (χ0v) is 26.5. The molecule has 8 nitrogen and oxygen atoms in total. The summed E-state index contributed by atoms with van der Waals surface area (Å²) in [4.78, 5) is 20.4. The number of ether oxygens (including phenoxy) is 2. The van der Waals surface area contributed by atoms with Crippen LogP contribution < -0.4 is 10.6 Å². The summed E-state index contributed by atoms with van der Waals surface area (Å²) < 4.78 is 13.0. The van der Waals surface area contributed by atoms with E-state index in [1.54, 1.807) is 11.1 Å². The zero-order valence-electron chi connectivity index (χ0n) is 26.5. The van der Waals surface area contributed by atoms with Crippen molar-refractivity contribution >= 4 is 12.5 Å². The highest BCUT2D eigenvalue weighted by molar-refractivity contribution is 5.73. The van der Waals surface area contributed by atoms with E-state index in [9.17, 15) is 9.90 Å². The summed E-state index contributed by atoms with van der Waals surface area (Å²) in [6.07, 6.45) is 9.23. The molecule has 1 aromatic carbocycles. The molecule has 1 heterocycles. The van der Waals surface area contributed by atoms with E-state index >= 15 is 0 Å². The number of nitrogens with one attached hydrogen (secondary N) is 2. The number of amides is 2. The number of carbonyl (C=O) groups is 2. The smallest absolute Gasteiger partial charge is 0.315 e. The lowest BCUT2D eigenvalue weighted by Crippen LogP contribution is -2.52. The Balaban J connectivity index is 0.00000118. The maximum Gasteiger partial charge on any atom is 0.315 e. The Morgan fingerprint density at radius 2 is 1.72 bits per heavy atom. The number of carbonyl (C=O) groups excluding carboxylic acids is 1. The maximum atomic E-state index is 12.0. The Labute approximate surface area is 257 Å². The number of allylic oxidation sites excluding steroid dienone is 2. The van der Waals surface area contributed by atoms with E-state index in [0.29, 0.717) is 36.8 Å². The van der Waals surface area contributed by atoms with Gasteiger partial charge < -0.3 is 30.3 Å². The number of hydrogen-bond acceptors (Lipinski definition) is 5. The lowest BCUT2D eigenvalue weighted by molar-refractivity contribution is -0.312. The Morgan fingerprint density at radius 1 is 1.02 bits per heavy atom. The van der Waals surface area contributed by atoms with E-state index in [1.807, 2.05) is 0 Å². The molecule has 0 radical (unpaired) electrons. The highest BCUT2D eigenvalue weighted by atomic mass is 16.7. The molecule has 1 spiro atoms. The van der Waals surface area contributed by atoms with Gasteiger partial charge in [0.1, 0.15) is 0 Å². The van der Waals surface area contributed by atoms with Crippen molar-refractivity contribution in [3.8, 4) is 0 Å². The molecule has 0 aromatic heterocycles. The molecule has 238 valence electrons. The summed E-state index contributed by atoms with van der Waals surface area (Å²) in [6, 6.07) is 8.81. The van der Waals surface area contributed by atoms with Crippen molar-refractivity contribution in [1.29, 1.82) is 0 Å². The number of aliphatic hydroxyl groups excluding tert-OH is 1. The van der Waals surface area contributed by atoms with Crippen molar-refractivity contribution in [2.45, 2.75) is 110 Å². The average Bonchev–Trinajstić information content (AvgIpc) is 3.30. The van der Waals surface area contributed by atoms with Gasteiger partial charge in [-0.25, -0.2) is 4.79 Å². The first kappa shape index (κ1) is 32.0. The van der Waals surface area contributed by atoms with Crippen LogP contribution in [0.15, 0.2) is 35.4 Å². The Kier molecular flexibility index (Phi) is 9.60. The SMILES string of the molecule is CCCNC(=O)NCc1ccc(C2CC3(C)C(O)CCC3C3CCC4CC5(CCC4=C23)OCC(C)(C)CO5)cc1.O=CO. The number of fused-ring (bicyclic) bond motifs is 4. The second kappa shape index (κ2) is 12.9. The van der Waals surface area contributed by atoms with Crippen LogP contribution >= 0.6 is 0 Å². The number of hydrogen-bond donors (Lipinski definition) is 4. The third kappa shape index (κ3) is 6.52. The molecule has 5 aliphatic rings. The third-order valence-corrected chi connectivity index (χ3v) is 11.1. The van der Waals surface area contributed by atoms with E-state index in [2.05, 4.69) is 62.6 Å². The first-order valence-corrected chi connectivity index (χ1v) is 16.4. The van der Waals surface area contributed by atoms with Crippen molar-refractivity contribution < 1.29 is 29.3 Å². The first-order valence-electron chi connectivity index (χ1n) is 16.4. The minimum Gasteiger partial charge on any atom is -0.483 e. The minimum atomic E-state index is -0.405. The molecule has 4 aliphatic carbocycles. The fourth-order valence-electron chi connectivity index (χ4n) is 8.85. The summed E-state index contributed by atoms with van der Waals surface area (Å²) in [6.45, 7) is 11.4. The summed E-state index contributed by atoms with van der Waals surface area (Å²) in [5.74, 6) is 1.61. The predicted octanol–water partition coefficient (Wildman–Crippen LogP) is 6.14. The summed E-state index contributed by atoms with van der Waals surface area (Å²) in [5.41, 5.74) is 5.92. The van der Waals surface area contributed by atoms with Crippen molar-refractivity contribution in [1.82, 2.24) is 10.6 Å². The fraction of sp³-hybridized carbons (Fsp3) is 0.714. The zero-order chi connectivity index (χ0) is 30.8. The van der Waals surface area contributed by atoms with Gasteiger partial charge in [-0.1, -0.05) is 63.1 Å². The number of urea groups is 1. The molecule has 0 bridgehead atoms. The van der Waals surface area contributed by atoms with Crippen LogP contribution in [0, 0.1) is 28.6 Å². The summed E-state index contributed by atoms with van der Waals surface area (Å²) >= 11 is 0. The molecule has 4 fully saturated rings. The number of carboxylic acid groups (broad SMARTS) is 1. The Morgan fingerprint density at radius 3 is 2.40 bits per heavy atom. The number of rotatable bonds is 5. The van der Waals surface area contributed by atoms with Crippen molar-refractivity contribution in [3.63, 3.8) is 0 Å². The lowest BCUT2D eigenvalue weighted by Gasteiger charge is -2.55.